The van der Waals surface area contributed by atoms with Crippen LogP contribution < -0.4 is 0 Å². The average molecular weight is 292 g/mol. The maximum Gasteiger partial charge on any atom is 0.350 e. The Hall–Kier alpha value is 0.250. The number of alkyl halides is 3. The molecule has 0 amide bonds. The van der Waals surface area contributed by atoms with Crippen molar-refractivity contribution in [3.05, 3.63) is 0 Å². The highest BCUT2D eigenvalue weighted by atomic mass is 79.9. The van der Waals surface area contributed by atoms with E-state index in [1.165, 1.54) is 7.05 Å². The molecule has 0 heterocycles. The third-order valence-corrected chi connectivity index (χ3v) is 4.57. The molecule has 0 bridgehead atoms. The van der Waals surface area contributed by atoms with E-state index in [0.29, 0.717) is 4.83 Å². The van der Waals surface area contributed by atoms with Crippen molar-refractivity contribution in [1.82, 2.24) is 4.31 Å². The number of nitrogens with zero attached hydrogens (tertiary/aromatic N) is 1. The summed E-state index contributed by atoms with van der Waals surface area (Å²) in [6.45, 7) is 0.189. The molecule has 0 radical (unpaired) electrons. The largest absolute Gasteiger partial charge is 0.350 e. The maximum atomic E-state index is 12.1. The summed E-state index contributed by atoms with van der Waals surface area (Å²) >= 11 is 3.35. The molecule has 3 nitrogen and oxygen atoms in total. The number of rotatable bonds is 4. The lowest BCUT2D eigenvalue weighted by Gasteiger charge is -2.33. The van der Waals surface area contributed by atoms with Crippen LogP contribution in [0.5, 0.6) is 0 Å². The minimum Gasteiger partial charge on any atom is -0.206 e. The monoisotopic (exact) mass is 291 g/mol. The smallest absolute Gasteiger partial charge is 0.206 e. The van der Waals surface area contributed by atoms with Gasteiger partial charge in [-0.25, -0.2) is 8.42 Å². The lowest BCUT2D eigenvalue weighted by molar-refractivity contribution is 0.211. The summed E-state index contributed by atoms with van der Waals surface area (Å²) in [5.41, 5.74) is 0. The minimum atomic E-state index is -4.38. The molecule has 84 valence electrons. The predicted octanol–water partition coefficient (Wildman–Crippen LogP) is 1.64. The van der Waals surface area contributed by atoms with Crippen molar-refractivity contribution in [1.29, 1.82) is 0 Å². The quantitative estimate of drug-likeness (QED) is 0.739. The van der Waals surface area contributed by atoms with Crippen LogP contribution in [0.3, 0.4) is 0 Å². The lowest BCUT2D eigenvalue weighted by atomic mass is 9.85. The van der Waals surface area contributed by atoms with Gasteiger partial charge in [-0.2, -0.15) is 13.1 Å². The second kappa shape index (κ2) is 4.40. The zero-order chi connectivity index (χ0) is 10.9. The molecule has 0 atom stereocenters. The van der Waals surface area contributed by atoms with E-state index in [9.17, 15) is 17.2 Å². The van der Waals surface area contributed by atoms with E-state index in [1.54, 1.807) is 0 Å². The van der Waals surface area contributed by atoms with Gasteiger partial charge >= 0.3 is 5.76 Å². The molecule has 1 rings (SSSR count). The van der Waals surface area contributed by atoms with Crippen LogP contribution in [0.2, 0.25) is 0 Å². The van der Waals surface area contributed by atoms with Gasteiger partial charge in [0.15, 0.2) is 0 Å². The summed E-state index contributed by atoms with van der Waals surface area (Å²) in [5, 5.41) is 0. The second-order valence-electron chi connectivity index (χ2n) is 3.52. The Morgan fingerprint density at radius 3 is 2.36 bits per heavy atom. The third kappa shape index (κ3) is 2.64. The molecular weight excluding hydrogens is 280 g/mol. The van der Waals surface area contributed by atoms with E-state index in [0.717, 1.165) is 17.1 Å². The van der Waals surface area contributed by atoms with E-state index >= 15 is 0 Å². The Morgan fingerprint density at radius 2 is 2.00 bits per heavy atom. The third-order valence-electron chi connectivity index (χ3n) is 2.35. The molecule has 0 spiro atoms. The molecular formula is C7H12BrF2NO2S. The number of hydrogen-bond donors (Lipinski definition) is 0. The van der Waals surface area contributed by atoms with E-state index < -0.39 is 15.8 Å². The van der Waals surface area contributed by atoms with Gasteiger partial charge in [0, 0.05) is 18.4 Å². The normalized spacial score (nSPS) is 28.1. The molecule has 0 unspecified atom stereocenters. The van der Waals surface area contributed by atoms with Gasteiger partial charge in [-0.15, -0.1) is 0 Å². The van der Waals surface area contributed by atoms with Crippen LogP contribution in [0, 0.1) is 5.92 Å². The zero-order valence-corrected chi connectivity index (χ0v) is 10.1. The van der Waals surface area contributed by atoms with Crippen molar-refractivity contribution in [3.8, 4) is 0 Å². The van der Waals surface area contributed by atoms with E-state index in [4.69, 9.17) is 0 Å². The molecule has 0 saturated heterocycles. The fourth-order valence-corrected chi connectivity index (χ4v) is 3.15. The van der Waals surface area contributed by atoms with Crippen molar-refractivity contribution < 1.29 is 17.2 Å². The van der Waals surface area contributed by atoms with Crippen LogP contribution in [0.1, 0.15) is 12.8 Å². The van der Waals surface area contributed by atoms with Crippen molar-refractivity contribution in [2.75, 3.05) is 13.6 Å². The van der Waals surface area contributed by atoms with Crippen LogP contribution >= 0.6 is 15.9 Å². The molecule has 0 aliphatic heterocycles. The molecule has 0 aromatic heterocycles. The van der Waals surface area contributed by atoms with E-state index in [2.05, 4.69) is 15.9 Å². The van der Waals surface area contributed by atoms with E-state index in [-0.39, 0.29) is 12.5 Å². The van der Waals surface area contributed by atoms with Gasteiger partial charge in [0.2, 0.25) is 0 Å². The highest BCUT2D eigenvalue weighted by Crippen LogP contribution is 2.34. The fourth-order valence-electron chi connectivity index (χ4n) is 1.41. The summed E-state index contributed by atoms with van der Waals surface area (Å²) in [6.07, 6.45) is 1.70. The second-order valence-corrected chi connectivity index (χ2v) is 6.83. The molecule has 0 N–H and O–H groups in total. The Labute approximate surface area is 90.6 Å². The van der Waals surface area contributed by atoms with Crippen LogP contribution in [0.4, 0.5) is 8.78 Å². The first kappa shape index (κ1) is 12.3. The molecule has 1 aliphatic carbocycles. The van der Waals surface area contributed by atoms with Gasteiger partial charge in [0.25, 0.3) is 10.0 Å². The summed E-state index contributed by atoms with van der Waals surface area (Å²) in [5.74, 6) is -3.11. The Bertz CT molecular complexity index is 290. The highest BCUT2D eigenvalue weighted by Gasteiger charge is 2.34. The fraction of sp³-hybridized carbons (Fsp3) is 1.00. The first-order valence-electron chi connectivity index (χ1n) is 4.21. The molecule has 0 aromatic carbocycles. The summed E-state index contributed by atoms with van der Waals surface area (Å²) < 4.78 is 46.8. The molecule has 1 saturated carbocycles. The van der Waals surface area contributed by atoms with Gasteiger partial charge in [0.1, 0.15) is 0 Å². The predicted molar refractivity (Wildman–Crippen MR) is 53.0 cm³/mol. The SMILES string of the molecule is CN(CC1CC(Br)C1)S(=O)(=O)C(F)F. The minimum absolute atomic E-state index is 0.189. The molecule has 1 aliphatic rings. The first-order chi connectivity index (χ1) is 6.34. The van der Waals surface area contributed by atoms with Crippen LogP contribution in [0.15, 0.2) is 0 Å². The maximum absolute atomic E-state index is 12.1. The Kier molecular flexibility index (Phi) is 3.87. The highest BCUT2D eigenvalue weighted by molar-refractivity contribution is 9.09. The Balaban J connectivity index is 2.46. The van der Waals surface area contributed by atoms with Gasteiger partial charge in [-0.1, -0.05) is 15.9 Å². The van der Waals surface area contributed by atoms with Crippen molar-refractivity contribution in [3.63, 3.8) is 0 Å². The van der Waals surface area contributed by atoms with Crippen LogP contribution in [-0.2, 0) is 10.0 Å². The average Bonchev–Trinajstić information content (AvgIpc) is 2.01. The van der Waals surface area contributed by atoms with Crippen LogP contribution in [0.25, 0.3) is 0 Å². The number of hydrogen-bond acceptors (Lipinski definition) is 2. The first-order valence-corrected chi connectivity index (χ1v) is 6.63. The van der Waals surface area contributed by atoms with E-state index in [1.807, 2.05) is 0 Å². The van der Waals surface area contributed by atoms with Crippen molar-refractivity contribution >= 4 is 26.0 Å². The van der Waals surface area contributed by atoms with Gasteiger partial charge in [-0.3, -0.25) is 0 Å². The summed E-state index contributed by atoms with van der Waals surface area (Å²) in [7, 11) is -3.18. The topological polar surface area (TPSA) is 37.4 Å². The molecule has 1 fully saturated rings. The number of halogens is 3. The molecule has 0 aromatic rings. The molecule has 7 heteroatoms. The summed E-state index contributed by atoms with van der Waals surface area (Å²) in [6, 6.07) is 0. The van der Waals surface area contributed by atoms with Crippen LogP contribution in [-0.4, -0.2) is 36.9 Å². The van der Waals surface area contributed by atoms with Crippen molar-refractivity contribution in [2.45, 2.75) is 23.4 Å². The van der Waals surface area contributed by atoms with Gasteiger partial charge < -0.3 is 0 Å². The number of sulfonamides is 1. The standard InChI is InChI=1S/C7H12BrF2NO2S/c1-11(14(12,13)7(9)10)4-5-2-6(8)3-5/h5-7H,2-4H2,1H3. The van der Waals surface area contributed by atoms with Gasteiger partial charge in [-0.05, 0) is 18.8 Å². The summed E-state index contributed by atoms with van der Waals surface area (Å²) in [4.78, 5) is 0.412. The Morgan fingerprint density at radius 1 is 1.50 bits per heavy atom. The molecule has 14 heavy (non-hydrogen) atoms. The zero-order valence-electron chi connectivity index (χ0n) is 7.66. The lowest BCUT2D eigenvalue weighted by Crippen LogP contribution is -2.39. The van der Waals surface area contributed by atoms with Gasteiger partial charge in [0.05, 0.1) is 0 Å². The van der Waals surface area contributed by atoms with Crippen molar-refractivity contribution in [2.24, 2.45) is 5.92 Å².